The van der Waals surface area contributed by atoms with Gasteiger partial charge in [0.15, 0.2) is 0 Å². The Morgan fingerprint density at radius 3 is 3.00 bits per heavy atom. The van der Waals surface area contributed by atoms with Gasteiger partial charge in [-0.2, -0.15) is 0 Å². The summed E-state index contributed by atoms with van der Waals surface area (Å²) in [7, 11) is 0. The monoisotopic (exact) mass is 301 g/mol. The number of imidazole rings is 1. The molecule has 0 saturated carbocycles. The predicted octanol–water partition coefficient (Wildman–Crippen LogP) is 3.21. The van der Waals surface area contributed by atoms with Crippen molar-refractivity contribution < 1.29 is 9.59 Å². The van der Waals surface area contributed by atoms with E-state index >= 15 is 0 Å². The number of amides is 2. The molecule has 0 spiro atoms. The molecule has 3 rings (SSSR count). The normalized spacial score (nSPS) is 17.4. The number of unbranched alkanes of at least 4 members (excludes halogenated alkanes) is 1. The molecule has 0 atom stereocenters. The minimum Gasteiger partial charge on any atom is -0.302 e. The molecule has 0 unspecified atom stereocenters. The van der Waals surface area contributed by atoms with Gasteiger partial charge in [-0.15, -0.1) is 0 Å². The number of nitrogens with zero attached hydrogens (tertiary/aromatic N) is 3. The summed E-state index contributed by atoms with van der Waals surface area (Å²) in [6.45, 7) is 2.31. The molecule has 0 radical (unpaired) electrons. The van der Waals surface area contributed by atoms with Crippen LogP contribution in [0.25, 0.3) is 5.65 Å². The fraction of sp³-hybridized carbons (Fsp3) is 0.267. The van der Waals surface area contributed by atoms with Crippen LogP contribution in [0.15, 0.2) is 41.6 Å². The van der Waals surface area contributed by atoms with Crippen molar-refractivity contribution in [1.29, 1.82) is 0 Å². The van der Waals surface area contributed by atoms with Crippen molar-refractivity contribution in [2.45, 2.75) is 26.3 Å². The third kappa shape index (κ3) is 2.58. The Balaban J connectivity index is 1.86. The summed E-state index contributed by atoms with van der Waals surface area (Å²) in [6, 6.07) is 5.66. The number of thioether (sulfide) groups is 1. The average Bonchev–Trinajstić information content (AvgIpc) is 3.05. The molecule has 3 heterocycles. The number of fused-ring (bicyclic) bond motifs is 1. The topological polar surface area (TPSA) is 54.7 Å². The van der Waals surface area contributed by atoms with E-state index in [0.717, 1.165) is 35.9 Å². The Morgan fingerprint density at radius 2 is 2.19 bits per heavy atom. The number of pyridine rings is 1. The molecule has 1 saturated heterocycles. The van der Waals surface area contributed by atoms with Crippen LogP contribution in [-0.4, -0.2) is 25.4 Å². The molecule has 0 bridgehead atoms. The maximum absolute atomic E-state index is 12.3. The first kappa shape index (κ1) is 13.9. The Hall–Kier alpha value is -2.08. The number of carbonyl (C=O) groups excluding carboxylic acids is 2. The van der Waals surface area contributed by atoms with Crippen LogP contribution in [0.3, 0.4) is 0 Å². The van der Waals surface area contributed by atoms with Crippen LogP contribution in [0.2, 0.25) is 0 Å². The Bertz CT molecular complexity index is 735. The quantitative estimate of drug-likeness (QED) is 0.814. The van der Waals surface area contributed by atoms with E-state index in [1.807, 2.05) is 41.8 Å². The van der Waals surface area contributed by atoms with E-state index in [0.29, 0.717) is 4.91 Å². The lowest BCUT2D eigenvalue weighted by Gasteiger charge is -2.13. The van der Waals surface area contributed by atoms with Gasteiger partial charge in [-0.3, -0.25) is 14.5 Å². The number of rotatable bonds is 4. The van der Waals surface area contributed by atoms with Crippen LogP contribution in [0.1, 0.15) is 25.5 Å². The molecule has 2 aromatic heterocycles. The van der Waals surface area contributed by atoms with Gasteiger partial charge in [-0.25, -0.2) is 4.98 Å². The van der Waals surface area contributed by atoms with Crippen molar-refractivity contribution in [3.8, 4) is 0 Å². The largest absolute Gasteiger partial charge is 0.302 e. The number of hydrogen-bond acceptors (Lipinski definition) is 4. The van der Waals surface area contributed by atoms with Gasteiger partial charge in [0.1, 0.15) is 5.65 Å². The lowest BCUT2D eigenvalue weighted by atomic mass is 10.3. The lowest BCUT2D eigenvalue weighted by molar-refractivity contribution is -0.123. The van der Waals surface area contributed by atoms with E-state index in [4.69, 9.17) is 0 Å². The molecule has 0 aromatic carbocycles. The summed E-state index contributed by atoms with van der Waals surface area (Å²) >= 11 is 1.02. The third-order valence-electron chi connectivity index (χ3n) is 3.32. The molecule has 5 nitrogen and oxygen atoms in total. The van der Waals surface area contributed by atoms with Crippen LogP contribution in [0, 0.1) is 0 Å². The van der Waals surface area contributed by atoms with Crippen LogP contribution >= 0.6 is 11.8 Å². The molecule has 21 heavy (non-hydrogen) atoms. The van der Waals surface area contributed by atoms with E-state index in [1.54, 1.807) is 6.20 Å². The molecule has 1 aliphatic heterocycles. The second kappa shape index (κ2) is 5.73. The van der Waals surface area contributed by atoms with E-state index in [1.165, 1.54) is 4.90 Å². The average molecular weight is 301 g/mol. The maximum Gasteiger partial charge on any atom is 0.293 e. The SMILES string of the molecule is CCC/C=C1/SC(=O)N(Cc2cccc3nccn23)C1=O. The number of aromatic nitrogens is 2. The van der Waals surface area contributed by atoms with Gasteiger partial charge in [-0.1, -0.05) is 25.5 Å². The first-order valence-corrected chi connectivity index (χ1v) is 7.67. The zero-order valence-electron chi connectivity index (χ0n) is 11.7. The van der Waals surface area contributed by atoms with Gasteiger partial charge < -0.3 is 4.40 Å². The molecular weight excluding hydrogens is 286 g/mol. The van der Waals surface area contributed by atoms with Gasteiger partial charge in [0.25, 0.3) is 11.1 Å². The predicted molar refractivity (Wildman–Crippen MR) is 81.7 cm³/mol. The summed E-state index contributed by atoms with van der Waals surface area (Å²) < 4.78 is 1.89. The van der Waals surface area contributed by atoms with Crippen molar-refractivity contribution >= 4 is 28.6 Å². The fourth-order valence-corrected chi connectivity index (χ4v) is 3.09. The summed E-state index contributed by atoms with van der Waals surface area (Å²) in [5.41, 5.74) is 1.67. The van der Waals surface area contributed by atoms with Crippen molar-refractivity contribution in [1.82, 2.24) is 14.3 Å². The molecule has 0 aliphatic carbocycles. The molecule has 2 aromatic rings. The third-order valence-corrected chi connectivity index (χ3v) is 4.28. The summed E-state index contributed by atoms with van der Waals surface area (Å²) in [4.78, 5) is 30.4. The van der Waals surface area contributed by atoms with E-state index in [9.17, 15) is 9.59 Å². The van der Waals surface area contributed by atoms with Crippen molar-refractivity contribution in [3.05, 3.63) is 47.3 Å². The van der Waals surface area contributed by atoms with Crippen molar-refractivity contribution in [2.75, 3.05) is 0 Å². The van der Waals surface area contributed by atoms with Gasteiger partial charge in [0.2, 0.25) is 0 Å². The Morgan fingerprint density at radius 1 is 1.33 bits per heavy atom. The number of imide groups is 1. The highest BCUT2D eigenvalue weighted by Crippen LogP contribution is 2.32. The molecule has 6 heteroatoms. The fourth-order valence-electron chi connectivity index (χ4n) is 2.25. The highest BCUT2D eigenvalue weighted by atomic mass is 32.2. The van der Waals surface area contributed by atoms with Crippen molar-refractivity contribution in [3.63, 3.8) is 0 Å². The van der Waals surface area contributed by atoms with E-state index in [2.05, 4.69) is 4.98 Å². The lowest BCUT2D eigenvalue weighted by Crippen LogP contribution is -2.28. The second-order valence-corrected chi connectivity index (χ2v) is 5.78. The van der Waals surface area contributed by atoms with Crippen LogP contribution in [0.5, 0.6) is 0 Å². The Kier molecular flexibility index (Phi) is 3.79. The van der Waals surface area contributed by atoms with Gasteiger partial charge in [0.05, 0.1) is 11.4 Å². The summed E-state index contributed by atoms with van der Waals surface area (Å²) in [5, 5.41) is -0.209. The molecule has 1 aliphatic rings. The number of carbonyl (C=O) groups is 2. The molecule has 2 amide bonds. The zero-order valence-corrected chi connectivity index (χ0v) is 12.5. The van der Waals surface area contributed by atoms with Gasteiger partial charge in [-0.05, 0) is 30.3 Å². The van der Waals surface area contributed by atoms with Crippen molar-refractivity contribution in [2.24, 2.45) is 0 Å². The van der Waals surface area contributed by atoms with Crippen LogP contribution < -0.4 is 0 Å². The van der Waals surface area contributed by atoms with E-state index in [-0.39, 0.29) is 17.7 Å². The second-order valence-electron chi connectivity index (χ2n) is 4.79. The molecule has 1 fully saturated rings. The number of allylic oxidation sites excluding steroid dienone is 1. The molecule has 108 valence electrons. The smallest absolute Gasteiger partial charge is 0.293 e. The first-order valence-electron chi connectivity index (χ1n) is 6.85. The zero-order chi connectivity index (χ0) is 14.8. The van der Waals surface area contributed by atoms with Gasteiger partial charge in [0, 0.05) is 18.1 Å². The summed E-state index contributed by atoms with van der Waals surface area (Å²) in [6.07, 6.45) is 7.15. The highest BCUT2D eigenvalue weighted by Gasteiger charge is 2.35. The Labute approximate surface area is 126 Å². The van der Waals surface area contributed by atoms with Crippen LogP contribution in [-0.2, 0) is 11.3 Å². The number of hydrogen-bond donors (Lipinski definition) is 0. The minimum atomic E-state index is -0.209. The summed E-state index contributed by atoms with van der Waals surface area (Å²) in [5.74, 6) is -0.199. The minimum absolute atomic E-state index is 0.199. The standard InChI is InChI=1S/C15H15N3O2S/c1-2-3-6-12-14(19)18(15(20)21-12)10-11-5-4-7-13-16-8-9-17(11)13/h4-9H,2-3,10H2,1H3/b12-6+. The van der Waals surface area contributed by atoms with Gasteiger partial charge >= 0.3 is 0 Å². The molecule has 0 N–H and O–H groups in total. The maximum atomic E-state index is 12.3. The molecular formula is C15H15N3O2S. The van der Waals surface area contributed by atoms with E-state index < -0.39 is 0 Å². The van der Waals surface area contributed by atoms with Crippen LogP contribution in [0.4, 0.5) is 4.79 Å². The first-order chi connectivity index (χ1) is 10.2. The highest BCUT2D eigenvalue weighted by molar-refractivity contribution is 8.18.